The molecule has 1 rings (SSSR count). The molecule has 0 bridgehead atoms. The van der Waals surface area contributed by atoms with Crippen molar-refractivity contribution in [2.45, 2.75) is 33.1 Å². The number of nitrogens with zero attached hydrogens (tertiary/aromatic N) is 3. The first-order valence-electron chi connectivity index (χ1n) is 6.85. The normalized spacial score (nSPS) is 10.9. The summed E-state index contributed by atoms with van der Waals surface area (Å²) in [5.41, 5.74) is 0.825. The molecule has 114 valence electrons. The largest absolute Gasteiger partial charge is 0.395 e. The van der Waals surface area contributed by atoms with E-state index in [-0.39, 0.29) is 13.2 Å². The third kappa shape index (κ3) is 4.56. The number of hydrogen-bond acceptors (Lipinski definition) is 5. The van der Waals surface area contributed by atoms with Crippen LogP contribution in [0.2, 0.25) is 0 Å². The number of alkyl halides is 2. The lowest BCUT2D eigenvalue weighted by Gasteiger charge is -2.25. The molecule has 5 nitrogen and oxygen atoms in total. The van der Waals surface area contributed by atoms with Gasteiger partial charge in [-0.05, 0) is 13.3 Å². The Labute approximate surface area is 118 Å². The van der Waals surface area contributed by atoms with Gasteiger partial charge in [-0.2, -0.15) is 0 Å². The zero-order valence-electron chi connectivity index (χ0n) is 11.9. The second-order valence-electron chi connectivity index (χ2n) is 4.37. The maximum atomic E-state index is 12.7. The Morgan fingerprint density at radius 1 is 1.35 bits per heavy atom. The van der Waals surface area contributed by atoms with Gasteiger partial charge in [-0.15, -0.1) is 0 Å². The van der Waals surface area contributed by atoms with Crippen LogP contribution in [0.1, 0.15) is 25.8 Å². The smallest absolute Gasteiger partial charge is 0.255 e. The average molecular weight is 288 g/mol. The molecule has 0 spiro atoms. The Morgan fingerprint density at radius 2 is 2.10 bits per heavy atom. The van der Waals surface area contributed by atoms with Crippen LogP contribution < -0.4 is 10.2 Å². The van der Waals surface area contributed by atoms with Gasteiger partial charge in [0.1, 0.15) is 18.0 Å². The Balaban J connectivity index is 3.13. The standard InChI is InChI=1S/C13H22F2N4O/c1-3-5-10-12(16-4-2)17-9-18-13(10)19(6-7-20)8-11(14)15/h9,11,20H,3-8H2,1-2H3,(H,16,17,18). The van der Waals surface area contributed by atoms with E-state index in [1.54, 1.807) is 0 Å². The van der Waals surface area contributed by atoms with Crippen LogP contribution in [0.5, 0.6) is 0 Å². The maximum absolute atomic E-state index is 12.7. The summed E-state index contributed by atoms with van der Waals surface area (Å²) in [5, 5.41) is 12.2. The molecule has 0 atom stereocenters. The molecule has 0 unspecified atom stereocenters. The molecule has 1 aromatic heterocycles. The topological polar surface area (TPSA) is 61.3 Å². The minimum absolute atomic E-state index is 0.129. The lowest BCUT2D eigenvalue weighted by Crippen LogP contribution is -2.33. The summed E-state index contributed by atoms with van der Waals surface area (Å²) in [6.45, 7) is 4.14. The van der Waals surface area contributed by atoms with Crippen LogP contribution in [0.3, 0.4) is 0 Å². The first kappa shape index (κ1) is 16.6. The third-order valence-corrected chi connectivity index (χ3v) is 2.79. The van der Waals surface area contributed by atoms with Gasteiger partial charge in [-0.1, -0.05) is 13.3 Å². The van der Waals surface area contributed by atoms with E-state index in [1.165, 1.54) is 11.2 Å². The van der Waals surface area contributed by atoms with Gasteiger partial charge < -0.3 is 15.3 Å². The molecule has 1 aromatic rings. The Morgan fingerprint density at radius 3 is 2.65 bits per heavy atom. The number of rotatable bonds is 9. The number of halogens is 2. The van der Waals surface area contributed by atoms with E-state index in [0.717, 1.165) is 12.0 Å². The second kappa shape index (κ2) is 8.63. The number of aliphatic hydroxyl groups is 1. The fraction of sp³-hybridized carbons (Fsp3) is 0.692. The highest BCUT2D eigenvalue weighted by Gasteiger charge is 2.19. The zero-order chi connectivity index (χ0) is 15.0. The molecule has 1 heterocycles. The van der Waals surface area contributed by atoms with E-state index in [2.05, 4.69) is 15.3 Å². The van der Waals surface area contributed by atoms with E-state index >= 15 is 0 Å². The fourth-order valence-electron chi connectivity index (χ4n) is 2.05. The number of hydrogen-bond donors (Lipinski definition) is 2. The highest BCUT2D eigenvalue weighted by atomic mass is 19.3. The molecule has 0 aliphatic carbocycles. The van der Waals surface area contributed by atoms with Crippen LogP contribution in [0.15, 0.2) is 6.33 Å². The molecule has 0 aromatic carbocycles. The zero-order valence-corrected chi connectivity index (χ0v) is 11.9. The molecule has 0 saturated heterocycles. The first-order valence-corrected chi connectivity index (χ1v) is 6.85. The Bertz CT molecular complexity index is 404. The molecule has 20 heavy (non-hydrogen) atoms. The van der Waals surface area contributed by atoms with Crippen molar-refractivity contribution in [3.05, 3.63) is 11.9 Å². The lowest BCUT2D eigenvalue weighted by molar-refractivity contribution is 0.152. The van der Waals surface area contributed by atoms with E-state index in [0.29, 0.717) is 24.6 Å². The van der Waals surface area contributed by atoms with Gasteiger partial charge in [0.25, 0.3) is 6.43 Å². The summed E-state index contributed by atoms with van der Waals surface area (Å²) in [5.74, 6) is 1.16. The molecule has 0 amide bonds. The van der Waals surface area contributed by atoms with Gasteiger partial charge >= 0.3 is 0 Å². The molecular weight excluding hydrogens is 266 g/mol. The van der Waals surface area contributed by atoms with Crippen LogP contribution in [0.4, 0.5) is 20.4 Å². The van der Waals surface area contributed by atoms with Crippen molar-refractivity contribution in [3.63, 3.8) is 0 Å². The predicted octanol–water partition coefficient (Wildman–Crippen LogP) is 1.92. The predicted molar refractivity (Wildman–Crippen MR) is 75.5 cm³/mol. The minimum Gasteiger partial charge on any atom is -0.395 e. The third-order valence-electron chi connectivity index (χ3n) is 2.79. The fourth-order valence-corrected chi connectivity index (χ4v) is 2.05. The van der Waals surface area contributed by atoms with Crippen LogP contribution >= 0.6 is 0 Å². The van der Waals surface area contributed by atoms with Crippen molar-refractivity contribution < 1.29 is 13.9 Å². The minimum atomic E-state index is -2.48. The highest BCUT2D eigenvalue weighted by Crippen LogP contribution is 2.25. The monoisotopic (exact) mass is 288 g/mol. The van der Waals surface area contributed by atoms with Crippen LogP contribution in [0, 0.1) is 0 Å². The van der Waals surface area contributed by atoms with Crippen LogP contribution in [-0.2, 0) is 6.42 Å². The summed E-state index contributed by atoms with van der Waals surface area (Å²) in [6.07, 6.45) is 0.445. The molecule has 0 fully saturated rings. The summed E-state index contributed by atoms with van der Waals surface area (Å²) in [6, 6.07) is 0. The second-order valence-corrected chi connectivity index (χ2v) is 4.37. The van der Waals surface area contributed by atoms with Crippen LogP contribution in [0.25, 0.3) is 0 Å². The van der Waals surface area contributed by atoms with E-state index < -0.39 is 13.0 Å². The van der Waals surface area contributed by atoms with Crippen molar-refractivity contribution in [3.8, 4) is 0 Å². The highest BCUT2D eigenvalue weighted by molar-refractivity contribution is 5.59. The summed E-state index contributed by atoms with van der Waals surface area (Å²) >= 11 is 0. The Kier molecular flexibility index (Phi) is 7.14. The molecule has 7 heteroatoms. The quantitative estimate of drug-likeness (QED) is 0.727. The number of aromatic nitrogens is 2. The van der Waals surface area contributed by atoms with E-state index in [1.807, 2.05) is 13.8 Å². The van der Waals surface area contributed by atoms with Gasteiger partial charge in [0.05, 0.1) is 13.2 Å². The molecule has 0 saturated carbocycles. The Hall–Kier alpha value is -1.50. The van der Waals surface area contributed by atoms with Gasteiger partial charge in [0.2, 0.25) is 0 Å². The number of nitrogens with one attached hydrogen (secondary N) is 1. The summed E-state index contributed by atoms with van der Waals surface area (Å²) in [4.78, 5) is 9.73. The summed E-state index contributed by atoms with van der Waals surface area (Å²) < 4.78 is 25.4. The van der Waals surface area contributed by atoms with Crippen molar-refractivity contribution in [1.82, 2.24) is 9.97 Å². The maximum Gasteiger partial charge on any atom is 0.255 e. The lowest BCUT2D eigenvalue weighted by atomic mass is 10.1. The molecule has 0 aliphatic rings. The summed E-state index contributed by atoms with van der Waals surface area (Å²) in [7, 11) is 0. The molecule has 0 radical (unpaired) electrons. The van der Waals surface area contributed by atoms with Crippen molar-refractivity contribution >= 4 is 11.6 Å². The van der Waals surface area contributed by atoms with Gasteiger partial charge in [-0.3, -0.25) is 0 Å². The average Bonchev–Trinajstić information content (AvgIpc) is 2.40. The van der Waals surface area contributed by atoms with Gasteiger partial charge in [0, 0.05) is 18.7 Å². The van der Waals surface area contributed by atoms with Gasteiger partial charge in [-0.25, -0.2) is 18.7 Å². The first-order chi connectivity index (χ1) is 9.63. The van der Waals surface area contributed by atoms with Crippen molar-refractivity contribution in [2.75, 3.05) is 36.5 Å². The van der Waals surface area contributed by atoms with Crippen molar-refractivity contribution in [1.29, 1.82) is 0 Å². The SMILES string of the molecule is CCCc1c(NCC)ncnc1N(CCO)CC(F)F. The molecule has 0 aliphatic heterocycles. The number of aliphatic hydroxyl groups excluding tert-OH is 1. The van der Waals surface area contributed by atoms with Crippen LogP contribution in [-0.4, -0.2) is 47.7 Å². The van der Waals surface area contributed by atoms with Gasteiger partial charge in [0.15, 0.2) is 0 Å². The molecule has 2 N–H and O–H groups in total. The van der Waals surface area contributed by atoms with E-state index in [4.69, 9.17) is 5.11 Å². The van der Waals surface area contributed by atoms with Crippen molar-refractivity contribution in [2.24, 2.45) is 0 Å². The van der Waals surface area contributed by atoms with E-state index in [9.17, 15) is 8.78 Å². The molecular formula is C13H22F2N4O. The number of anilines is 2.